The van der Waals surface area contributed by atoms with Gasteiger partial charge in [-0.3, -0.25) is 9.59 Å². The Balaban J connectivity index is 2.25. The molecule has 0 radical (unpaired) electrons. The lowest BCUT2D eigenvalue weighted by Crippen LogP contribution is -2.47. The zero-order valence-electron chi connectivity index (χ0n) is 19.2. The van der Waals surface area contributed by atoms with Gasteiger partial charge in [0, 0.05) is 25.8 Å². The van der Waals surface area contributed by atoms with Gasteiger partial charge in [-0.05, 0) is 42.7 Å². The second-order valence-electron chi connectivity index (χ2n) is 8.27. The van der Waals surface area contributed by atoms with Crippen LogP contribution in [0, 0.1) is 11.3 Å². The molecule has 0 saturated carbocycles. The maximum atomic E-state index is 12.8. The Kier molecular flexibility index (Phi) is 8.46. The van der Waals surface area contributed by atoms with Gasteiger partial charge < -0.3 is 14.8 Å². The summed E-state index contributed by atoms with van der Waals surface area (Å²) in [7, 11) is 0.513. The van der Waals surface area contributed by atoms with Crippen molar-refractivity contribution in [3.63, 3.8) is 0 Å². The largest absolute Gasteiger partial charge is 0.416 e. The second kappa shape index (κ2) is 10.7. The molecule has 0 spiro atoms. The van der Waals surface area contributed by atoms with E-state index in [4.69, 9.17) is 0 Å². The van der Waals surface area contributed by atoms with Gasteiger partial charge in [0.2, 0.25) is 5.91 Å². The Labute approximate surface area is 196 Å². The molecule has 0 aliphatic heterocycles. The van der Waals surface area contributed by atoms with Crippen LogP contribution in [-0.4, -0.2) is 50.2 Å². The predicted molar refractivity (Wildman–Crippen MR) is 125 cm³/mol. The third-order valence-corrected chi connectivity index (χ3v) is 6.50. The van der Waals surface area contributed by atoms with Crippen molar-refractivity contribution >= 4 is 30.3 Å². The summed E-state index contributed by atoms with van der Waals surface area (Å²) in [5.74, 6) is -1.27. The Morgan fingerprint density at radius 2 is 1.65 bits per heavy atom. The van der Waals surface area contributed by atoms with Gasteiger partial charge in [-0.15, -0.1) is 0 Å². The quantitative estimate of drug-likeness (QED) is 0.364. The number of carbonyl (C=O) groups is 2. The van der Waals surface area contributed by atoms with E-state index in [2.05, 4.69) is 5.32 Å². The molecule has 2 aromatic rings. The third kappa shape index (κ3) is 7.32. The minimum atomic E-state index is -4.48. The molecule has 34 heavy (non-hydrogen) atoms. The Bertz CT molecular complexity index is 1160. The summed E-state index contributed by atoms with van der Waals surface area (Å²) in [6, 6.07) is 11.6. The van der Waals surface area contributed by atoms with Crippen LogP contribution in [0.15, 0.2) is 54.1 Å². The van der Waals surface area contributed by atoms with E-state index in [-0.39, 0.29) is 12.0 Å². The average molecular weight is 491 g/mol. The van der Waals surface area contributed by atoms with Crippen molar-refractivity contribution in [2.45, 2.75) is 18.6 Å². The highest BCUT2D eigenvalue weighted by atomic mass is 31.2. The van der Waals surface area contributed by atoms with Crippen LogP contribution in [0.4, 0.5) is 13.2 Å². The number of benzene rings is 2. The molecule has 0 aliphatic rings. The number of hydrogen-bond donors (Lipinski definition) is 1. The van der Waals surface area contributed by atoms with Crippen LogP contribution in [0.2, 0.25) is 0 Å². The normalized spacial score (nSPS) is 13.1. The Morgan fingerprint density at radius 1 is 1.09 bits per heavy atom. The Morgan fingerprint density at radius 3 is 2.09 bits per heavy atom. The number of alkyl halides is 3. The molecule has 2 rings (SSSR count). The molecule has 6 nitrogen and oxygen atoms in total. The molecule has 1 N–H and O–H groups in total. The predicted octanol–water partition coefficient (Wildman–Crippen LogP) is 3.68. The summed E-state index contributed by atoms with van der Waals surface area (Å²) in [6.07, 6.45) is -3.21. The van der Waals surface area contributed by atoms with Gasteiger partial charge in [0.15, 0.2) is 0 Å². The fourth-order valence-electron chi connectivity index (χ4n) is 3.06. The van der Waals surface area contributed by atoms with Crippen molar-refractivity contribution in [3.8, 4) is 6.07 Å². The molecule has 0 unspecified atom stereocenters. The van der Waals surface area contributed by atoms with Crippen molar-refractivity contribution in [2.75, 3.05) is 27.4 Å². The van der Waals surface area contributed by atoms with Gasteiger partial charge in [-0.25, -0.2) is 0 Å². The zero-order valence-corrected chi connectivity index (χ0v) is 20.1. The van der Waals surface area contributed by atoms with Crippen LogP contribution in [0.1, 0.15) is 16.7 Å². The summed E-state index contributed by atoms with van der Waals surface area (Å²) < 4.78 is 50.6. The fourth-order valence-corrected chi connectivity index (χ4v) is 3.93. The molecule has 0 heterocycles. The van der Waals surface area contributed by atoms with Crippen LogP contribution in [-0.2, 0) is 26.8 Å². The highest BCUT2D eigenvalue weighted by Crippen LogP contribution is 2.34. The van der Waals surface area contributed by atoms with Crippen molar-refractivity contribution in [1.29, 1.82) is 5.26 Å². The first-order chi connectivity index (χ1) is 15.7. The topological polar surface area (TPSA) is 90.3 Å². The zero-order chi connectivity index (χ0) is 25.7. The first-order valence-electron chi connectivity index (χ1n) is 10.2. The lowest BCUT2D eigenvalue weighted by atomic mass is 10.0. The number of carbonyl (C=O) groups excluding carboxylic acids is 2. The number of nitriles is 1. The molecule has 180 valence electrons. The molecular formula is C24H25F3N3O3P. The molecule has 0 fully saturated rings. The highest BCUT2D eigenvalue weighted by molar-refractivity contribution is 7.70. The molecule has 0 aromatic heterocycles. The van der Waals surface area contributed by atoms with E-state index in [1.54, 1.807) is 43.7 Å². The van der Waals surface area contributed by atoms with Crippen LogP contribution in [0.5, 0.6) is 0 Å². The van der Waals surface area contributed by atoms with Crippen molar-refractivity contribution in [1.82, 2.24) is 10.2 Å². The first kappa shape index (κ1) is 26.9. The first-order valence-corrected chi connectivity index (χ1v) is 12.8. The summed E-state index contributed by atoms with van der Waals surface area (Å²) in [6.45, 7) is 3.26. The minimum absolute atomic E-state index is 0.0589. The number of amides is 2. The van der Waals surface area contributed by atoms with Gasteiger partial charge in [0.1, 0.15) is 24.8 Å². The van der Waals surface area contributed by atoms with Gasteiger partial charge in [0.25, 0.3) is 5.91 Å². The van der Waals surface area contributed by atoms with E-state index >= 15 is 0 Å². The molecule has 1 atom stereocenters. The van der Waals surface area contributed by atoms with Gasteiger partial charge in [-0.2, -0.15) is 18.4 Å². The summed E-state index contributed by atoms with van der Waals surface area (Å²) >= 11 is 0. The summed E-state index contributed by atoms with van der Waals surface area (Å²) in [4.78, 5) is 26.6. The number of halogens is 3. The number of hydrogen-bond acceptors (Lipinski definition) is 4. The van der Waals surface area contributed by atoms with Crippen LogP contribution in [0.3, 0.4) is 0 Å². The van der Waals surface area contributed by atoms with Crippen molar-refractivity contribution < 1.29 is 27.3 Å². The van der Waals surface area contributed by atoms with Gasteiger partial charge >= 0.3 is 6.18 Å². The van der Waals surface area contributed by atoms with E-state index in [0.29, 0.717) is 16.4 Å². The minimum Gasteiger partial charge on any atom is -0.347 e. The molecule has 2 aromatic carbocycles. The second-order valence-corrected chi connectivity index (χ2v) is 11.5. The summed E-state index contributed by atoms with van der Waals surface area (Å²) in [5.41, 5.74) is -0.135. The molecule has 0 bridgehead atoms. The third-order valence-electron chi connectivity index (χ3n) is 4.96. The van der Waals surface area contributed by atoms with E-state index < -0.39 is 36.7 Å². The van der Waals surface area contributed by atoms with Crippen molar-refractivity contribution in [2.24, 2.45) is 0 Å². The molecule has 0 saturated heterocycles. The van der Waals surface area contributed by atoms with Crippen LogP contribution >= 0.6 is 7.14 Å². The van der Waals surface area contributed by atoms with E-state index in [9.17, 15) is 32.6 Å². The fraction of sp³-hybridized carbons (Fsp3) is 0.292. The van der Waals surface area contributed by atoms with E-state index in [1.165, 1.54) is 37.2 Å². The number of nitrogens with one attached hydrogen (secondary N) is 1. The number of rotatable bonds is 7. The van der Waals surface area contributed by atoms with Crippen LogP contribution in [0.25, 0.3) is 6.08 Å². The Hall–Kier alpha value is -3.37. The maximum Gasteiger partial charge on any atom is 0.416 e. The highest BCUT2D eigenvalue weighted by Gasteiger charge is 2.30. The van der Waals surface area contributed by atoms with E-state index in [1.807, 2.05) is 0 Å². The monoisotopic (exact) mass is 491 g/mol. The lowest BCUT2D eigenvalue weighted by molar-refractivity contribution is -0.137. The SMILES string of the molecule is CN(C)C(=O)[C@H](Cc1ccc(C(F)(F)F)cc1)NC(=O)/C(C#N)=C/c1ccc(P(C)(C)=O)cc1. The molecular weight excluding hydrogens is 466 g/mol. The smallest absolute Gasteiger partial charge is 0.347 e. The standard InChI is InChI=1S/C24H25F3N3O3P/c1-30(2)23(32)21(14-17-5-9-19(10-6-17)24(25,26)27)29-22(31)18(15-28)13-16-7-11-20(12-8-16)34(3,4)33/h5-13,21H,14H2,1-4H3,(H,29,31)/b18-13+/t21-/m0/s1. The number of nitrogens with zero attached hydrogens (tertiary/aromatic N) is 2. The lowest BCUT2D eigenvalue weighted by Gasteiger charge is -2.22. The maximum absolute atomic E-state index is 12.8. The van der Waals surface area contributed by atoms with E-state index in [0.717, 1.165) is 12.1 Å². The number of likely N-dealkylation sites (N-methyl/N-ethyl adjacent to an activating group) is 1. The summed E-state index contributed by atoms with van der Waals surface area (Å²) in [5, 5.41) is 12.6. The van der Waals surface area contributed by atoms with Gasteiger partial charge in [-0.1, -0.05) is 36.4 Å². The van der Waals surface area contributed by atoms with Crippen LogP contribution < -0.4 is 10.6 Å². The average Bonchev–Trinajstić information content (AvgIpc) is 2.75. The van der Waals surface area contributed by atoms with Gasteiger partial charge in [0.05, 0.1) is 5.56 Å². The molecule has 0 aliphatic carbocycles. The molecule has 10 heteroatoms. The molecule has 2 amide bonds. The van der Waals surface area contributed by atoms with Crippen molar-refractivity contribution in [3.05, 3.63) is 70.8 Å².